The van der Waals surface area contributed by atoms with Gasteiger partial charge in [-0.1, -0.05) is 0 Å². The van der Waals surface area contributed by atoms with Crippen molar-refractivity contribution in [3.63, 3.8) is 0 Å². The van der Waals surface area contributed by atoms with Crippen molar-refractivity contribution < 1.29 is 18.3 Å². The molecule has 0 radical (unpaired) electrons. The van der Waals surface area contributed by atoms with Gasteiger partial charge in [-0.15, -0.1) is 0 Å². The minimum Gasteiger partial charge on any atom is -0.381 e. The number of ether oxygens (including phenoxy) is 1. The lowest BCUT2D eigenvalue weighted by Gasteiger charge is -2.24. The van der Waals surface area contributed by atoms with Gasteiger partial charge >= 0.3 is 0 Å². The summed E-state index contributed by atoms with van der Waals surface area (Å²) in [5.41, 5.74) is 0.958. The van der Waals surface area contributed by atoms with E-state index in [-0.39, 0.29) is 23.8 Å². The summed E-state index contributed by atoms with van der Waals surface area (Å²) in [5, 5.41) is 16.7. The Labute approximate surface area is 164 Å². The average Bonchev–Trinajstić information content (AvgIpc) is 3.26. The van der Waals surface area contributed by atoms with Crippen molar-refractivity contribution in [1.29, 1.82) is 5.26 Å². The molecule has 0 bridgehead atoms. The van der Waals surface area contributed by atoms with E-state index in [1.54, 1.807) is 11.6 Å². The molecule has 0 atom stereocenters. The van der Waals surface area contributed by atoms with E-state index in [4.69, 9.17) is 4.74 Å². The molecule has 1 amide bonds. The highest BCUT2D eigenvalue weighted by Crippen LogP contribution is 2.28. The average molecular weight is 400 g/mol. The zero-order valence-electron chi connectivity index (χ0n) is 15.6. The Kier molecular flexibility index (Phi) is 4.98. The fourth-order valence-corrected chi connectivity index (χ4v) is 3.48. The molecule has 0 aliphatic carbocycles. The van der Waals surface area contributed by atoms with Crippen molar-refractivity contribution in [2.24, 2.45) is 0 Å². The van der Waals surface area contributed by atoms with Gasteiger partial charge in [0.15, 0.2) is 11.6 Å². The maximum atomic E-state index is 13.8. The quantitative estimate of drug-likeness (QED) is 0.700. The number of nitrogens with one attached hydrogen (secondary N) is 2. The minimum absolute atomic E-state index is 0.0168. The molecule has 2 N–H and O–H groups in total. The van der Waals surface area contributed by atoms with Crippen LogP contribution in [0.4, 0.5) is 14.6 Å². The summed E-state index contributed by atoms with van der Waals surface area (Å²) in [4.78, 5) is 19.4. The summed E-state index contributed by atoms with van der Waals surface area (Å²) in [6, 6.07) is 4.46. The van der Waals surface area contributed by atoms with Crippen LogP contribution < -0.4 is 5.32 Å². The molecule has 150 valence electrons. The molecule has 2 aromatic heterocycles. The molecule has 1 aromatic carbocycles. The van der Waals surface area contributed by atoms with Gasteiger partial charge in [-0.2, -0.15) is 10.4 Å². The first-order valence-corrected chi connectivity index (χ1v) is 9.17. The Balaban J connectivity index is 1.58. The second kappa shape index (κ2) is 7.60. The van der Waals surface area contributed by atoms with Gasteiger partial charge in [-0.25, -0.2) is 18.4 Å². The predicted octanol–water partition coefficient (Wildman–Crippen LogP) is 2.75. The van der Waals surface area contributed by atoms with E-state index < -0.39 is 17.5 Å². The number of H-pyrrole nitrogens is 1. The van der Waals surface area contributed by atoms with Gasteiger partial charge in [0, 0.05) is 13.2 Å². The number of imidazole rings is 1. The Hall–Kier alpha value is -3.32. The zero-order valence-corrected chi connectivity index (χ0v) is 15.6. The first kappa shape index (κ1) is 19.0. The van der Waals surface area contributed by atoms with Crippen LogP contribution in [0, 0.1) is 29.9 Å². The molecule has 1 aliphatic heterocycles. The molecular formula is C19H18F2N6O2. The Morgan fingerprint density at radius 1 is 1.41 bits per heavy atom. The lowest BCUT2D eigenvalue weighted by atomic mass is 10.1. The number of amides is 1. The molecule has 0 saturated carbocycles. The lowest BCUT2D eigenvalue weighted by Crippen LogP contribution is -2.24. The summed E-state index contributed by atoms with van der Waals surface area (Å²) in [5.74, 6) is -2.00. The van der Waals surface area contributed by atoms with Gasteiger partial charge in [0.1, 0.15) is 28.8 Å². The topological polar surface area (TPSA) is 109 Å². The number of halogens is 2. The molecule has 29 heavy (non-hydrogen) atoms. The molecule has 4 rings (SSSR count). The van der Waals surface area contributed by atoms with Crippen LogP contribution in [0.1, 0.15) is 36.0 Å². The molecule has 3 heterocycles. The highest BCUT2D eigenvalue weighted by Gasteiger charge is 2.25. The number of carbonyl (C=O) groups excluding carboxylic acids is 1. The Morgan fingerprint density at radius 3 is 2.90 bits per heavy atom. The fraction of sp³-hybridized carbons (Fsp3) is 0.368. The number of aromatic nitrogens is 4. The number of hydrogen-bond donors (Lipinski definition) is 2. The van der Waals surface area contributed by atoms with Gasteiger partial charge in [0.05, 0.1) is 23.7 Å². The normalized spacial score (nSPS) is 14.8. The highest BCUT2D eigenvalue weighted by molar-refractivity contribution is 5.93. The second-order valence-electron chi connectivity index (χ2n) is 6.87. The van der Waals surface area contributed by atoms with Crippen LogP contribution in [0.3, 0.4) is 0 Å². The number of aryl methyl sites for hydroxylation is 1. The maximum absolute atomic E-state index is 13.8. The number of nitriles is 1. The van der Waals surface area contributed by atoms with Crippen LogP contribution in [-0.4, -0.2) is 38.9 Å². The first-order valence-electron chi connectivity index (χ1n) is 9.17. The molecule has 0 spiro atoms. The lowest BCUT2D eigenvalue weighted by molar-refractivity contribution is -0.115. The number of benzene rings is 1. The van der Waals surface area contributed by atoms with Crippen molar-refractivity contribution in [3.05, 3.63) is 40.8 Å². The number of carbonyl (C=O) groups is 1. The summed E-state index contributed by atoms with van der Waals surface area (Å²) < 4.78 is 34.2. The van der Waals surface area contributed by atoms with Crippen LogP contribution in [0.15, 0.2) is 12.1 Å². The SMILES string of the molecule is Cc1nn(C2CCOCC2)c(NC(=O)Cc2nc3c(F)c(F)ccc3[nH]2)c1C#N. The van der Waals surface area contributed by atoms with Crippen LogP contribution >= 0.6 is 0 Å². The van der Waals surface area contributed by atoms with Gasteiger partial charge in [-0.3, -0.25) is 4.79 Å². The number of fused-ring (bicyclic) bond motifs is 1. The van der Waals surface area contributed by atoms with Crippen LogP contribution in [0.2, 0.25) is 0 Å². The summed E-state index contributed by atoms with van der Waals surface area (Å²) in [6.07, 6.45) is 1.26. The van der Waals surface area contributed by atoms with E-state index in [0.29, 0.717) is 35.8 Å². The van der Waals surface area contributed by atoms with E-state index in [2.05, 4.69) is 26.5 Å². The summed E-state index contributed by atoms with van der Waals surface area (Å²) >= 11 is 0. The molecule has 10 heteroatoms. The molecule has 1 aliphatic rings. The molecule has 1 saturated heterocycles. The molecule has 8 nitrogen and oxygen atoms in total. The van der Waals surface area contributed by atoms with Gasteiger partial charge < -0.3 is 15.0 Å². The van der Waals surface area contributed by atoms with Gasteiger partial charge in [0.2, 0.25) is 5.91 Å². The maximum Gasteiger partial charge on any atom is 0.233 e. The minimum atomic E-state index is -1.06. The van der Waals surface area contributed by atoms with Gasteiger partial charge in [-0.05, 0) is 31.9 Å². The number of nitrogens with zero attached hydrogens (tertiary/aromatic N) is 4. The summed E-state index contributed by atoms with van der Waals surface area (Å²) in [7, 11) is 0. The third kappa shape index (κ3) is 3.56. The standard InChI is InChI=1S/C19H18F2N6O2/c1-10-12(9-22)19(27(26-10)11-4-6-29-7-5-11)25-16(28)8-15-23-14-3-2-13(20)17(21)18(14)24-15/h2-3,11H,4-8H2,1H3,(H,23,24)(H,25,28). The van der Waals surface area contributed by atoms with Crippen LogP contribution in [0.25, 0.3) is 11.0 Å². The third-order valence-corrected chi connectivity index (χ3v) is 4.91. The zero-order chi connectivity index (χ0) is 20.5. The summed E-state index contributed by atoms with van der Waals surface area (Å²) in [6.45, 7) is 2.88. The van der Waals surface area contributed by atoms with Crippen molar-refractivity contribution in [2.45, 2.75) is 32.2 Å². The number of hydrogen-bond acceptors (Lipinski definition) is 5. The smallest absolute Gasteiger partial charge is 0.233 e. The van der Waals surface area contributed by atoms with Crippen LogP contribution in [-0.2, 0) is 16.0 Å². The molecule has 3 aromatic rings. The number of anilines is 1. The predicted molar refractivity (Wildman–Crippen MR) is 99.1 cm³/mol. The van der Waals surface area contributed by atoms with Gasteiger partial charge in [0.25, 0.3) is 0 Å². The second-order valence-corrected chi connectivity index (χ2v) is 6.87. The Morgan fingerprint density at radius 2 is 2.17 bits per heavy atom. The van der Waals surface area contributed by atoms with Crippen LogP contribution in [0.5, 0.6) is 0 Å². The molecule has 1 fully saturated rings. The molecular weight excluding hydrogens is 382 g/mol. The number of rotatable bonds is 4. The van der Waals surface area contributed by atoms with E-state index in [9.17, 15) is 18.8 Å². The van der Waals surface area contributed by atoms with E-state index in [1.807, 2.05) is 0 Å². The monoisotopic (exact) mass is 400 g/mol. The van der Waals surface area contributed by atoms with E-state index in [0.717, 1.165) is 18.9 Å². The van der Waals surface area contributed by atoms with Crippen molar-refractivity contribution in [3.8, 4) is 6.07 Å². The third-order valence-electron chi connectivity index (χ3n) is 4.91. The van der Waals surface area contributed by atoms with E-state index in [1.165, 1.54) is 6.07 Å². The largest absolute Gasteiger partial charge is 0.381 e. The number of aromatic amines is 1. The molecule has 0 unspecified atom stereocenters. The van der Waals surface area contributed by atoms with Crippen molar-refractivity contribution in [1.82, 2.24) is 19.7 Å². The van der Waals surface area contributed by atoms with E-state index >= 15 is 0 Å². The highest BCUT2D eigenvalue weighted by atomic mass is 19.2. The van der Waals surface area contributed by atoms with Crippen molar-refractivity contribution >= 4 is 22.8 Å². The fourth-order valence-electron chi connectivity index (χ4n) is 3.48. The first-order chi connectivity index (χ1) is 14.0. The Bertz CT molecular complexity index is 1120. The van der Waals surface area contributed by atoms with Crippen molar-refractivity contribution in [2.75, 3.05) is 18.5 Å².